The second-order valence-corrected chi connectivity index (χ2v) is 5.51. The minimum atomic E-state index is -0.393. The third kappa shape index (κ3) is 3.36. The van der Waals surface area contributed by atoms with Gasteiger partial charge in [-0.15, -0.1) is 11.3 Å². The molecule has 1 N–H and O–H groups in total. The smallest absolute Gasteiger partial charge is 0.360 e. The van der Waals surface area contributed by atoms with E-state index in [2.05, 4.69) is 36.3 Å². The van der Waals surface area contributed by atoms with E-state index < -0.39 is 5.97 Å². The molecule has 4 nitrogen and oxygen atoms in total. The number of hydrogen-bond acceptors (Lipinski definition) is 5. The number of carbonyl (C=O) groups is 1. The lowest BCUT2D eigenvalue weighted by molar-refractivity contribution is 0.0521. The van der Waals surface area contributed by atoms with Gasteiger partial charge < -0.3 is 10.1 Å². The molecule has 0 fully saturated rings. The summed E-state index contributed by atoms with van der Waals surface area (Å²) in [6, 6.07) is 8.17. The summed E-state index contributed by atoms with van der Waals surface area (Å²) >= 11 is 1.39. The molecule has 1 heterocycles. The van der Waals surface area contributed by atoms with E-state index in [1.807, 2.05) is 12.1 Å². The molecule has 0 radical (unpaired) electrons. The van der Waals surface area contributed by atoms with Crippen molar-refractivity contribution in [2.24, 2.45) is 0 Å². The lowest BCUT2D eigenvalue weighted by atomic mass is 10.0. The molecular weight excluding hydrogens is 272 g/mol. The fourth-order valence-electron chi connectivity index (χ4n) is 1.76. The van der Waals surface area contributed by atoms with Gasteiger partial charge in [0, 0.05) is 5.69 Å². The Labute approximate surface area is 122 Å². The Balaban J connectivity index is 2.14. The molecule has 0 aliphatic carbocycles. The van der Waals surface area contributed by atoms with Gasteiger partial charge in [0.2, 0.25) is 0 Å². The molecule has 1 aromatic carbocycles. The first-order chi connectivity index (χ1) is 9.61. The van der Waals surface area contributed by atoms with E-state index in [1.54, 1.807) is 12.4 Å². The Morgan fingerprint density at radius 3 is 2.65 bits per heavy atom. The average molecular weight is 290 g/mol. The van der Waals surface area contributed by atoms with Gasteiger partial charge in [-0.2, -0.15) is 0 Å². The van der Waals surface area contributed by atoms with Crippen LogP contribution in [0.15, 0.2) is 29.8 Å². The van der Waals surface area contributed by atoms with Gasteiger partial charge in [-0.25, -0.2) is 9.78 Å². The highest BCUT2D eigenvalue weighted by Crippen LogP contribution is 2.26. The number of thiazole rings is 1. The number of aromatic nitrogens is 1. The van der Waals surface area contributed by atoms with Gasteiger partial charge in [0.15, 0.2) is 5.69 Å². The molecular formula is C15H18N2O2S. The number of esters is 1. The SMILES string of the molecule is CCOC(=O)c1ncsc1Nc1ccc(C(C)C)cc1. The van der Waals surface area contributed by atoms with Gasteiger partial charge >= 0.3 is 5.97 Å². The van der Waals surface area contributed by atoms with Gasteiger partial charge in [0.25, 0.3) is 0 Å². The van der Waals surface area contributed by atoms with Crippen molar-refractivity contribution in [2.75, 3.05) is 11.9 Å². The zero-order valence-corrected chi connectivity index (χ0v) is 12.7. The number of nitrogens with zero attached hydrogens (tertiary/aromatic N) is 1. The second-order valence-electron chi connectivity index (χ2n) is 4.65. The average Bonchev–Trinajstić information content (AvgIpc) is 2.88. The first-order valence-electron chi connectivity index (χ1n) is 6.59. The first kappa shape index (κ1) is 14.5. The van der Waals surface area contributed by atoms with Crippen molar-refractivity contribution in [3.05, 3.63) is 41.0 Å². The molecule has 0 unspecified atom stereocenters. The van der Waals surface area contributed by atoms with Crippen molar-refractivity contribution in [1.82, 2.24) is 4.98 Å². The molecule has 0 aliphatic rings. The van der Waals surface area contributed by atoms with Crippen LogP contribution in [0.1, 0.15) is 42.7 Å². The van der Waals surface area contributed by atoms with E-state index in [1.165, 1.54) is 16.9 Å². The maximum atomic E-state index is 11.7. The third-order valence-corrected chi connectivity index (χ3v) is 3.61. The van der Waals surface area contributed by atoms with Crippen LogP contribution in [0, 0.1) is 0 Å². The quantitative estimate of drug-likeness (QED) is 0.839. The van der Waals surface area contributed by atoms with E-state index in [-0.39, 0.29) is 0 Å². The van der Waals surface area contributed by atoms with Gasteiger partial charge in [-0.1, -0.05) is 26.0 Å². The van der Waals surface area contributed by atoms with Crippen LogP contribution in [-0.4, -0.2) is 17.6 Å². The molecule has 0 amide bonds. The Kier molecular flexibility index (Phi) is 4.74. The number of hydrogen-bond donors (Lipinski definition) is 1. The van der Waals surface area contributed by atoms with Crippen molar-refractivity contribution < 1.29 is 9.53 Å². The van der Waals surface area contributed by atoms with Gasteiger partial charge in [-0.05, 0) is 30.5 Å². The molecule has 0 aliphatic heterocycles. The zero-order valence-electron chi connectivity index (χ0n) is 11.8. The summed E-state index contributed by atoms with van der Waals surface area (Å²) in [6.45, 7) is 6.44. The summed E-state index contributed by atoms with van der Waals surface area (Å²) in [4.78, 5) is 15.8. The molecule has 0 saturated heterocycles. The van der Waals surface area contributed by atoms with Crippen molar-refractivity contribution in [3.8, 4) is 0 Å². The van der Waals surface area contributed by atoms with Crippen LogP contribution in [0.3, 0.4) is 0 Å². The van der Waals surface area contributed by atoms with Crippen LogP contribution < -0.4 is 5.32 Å². The van der Waals surface area contributed by atoms with Crippen molar-refractivity contribution >= 4 is 28.0 Å². The molecule has 0 spiro atoms. The summed E-state index contributed by atoms with van der Waals surface area (Å²) in [5, 5.41) is 3.92. The van der Waals surface area contributed by atoms with E-state index in [0.29, 0.717) is 23.2 Å². The fraction of sp³-hybridized carbons (Fsp3) is 0.333. The lowest BCUT2D eigenvalue weighted by Crippen LogP contribution is -2.07. The highest BCUT2D eigenvalue weighted by molar-refractivity contribution is 7.14. The summed E-state index contributed by atoms with van der Waals surface area (Å²) in [6.07, 6.45) is 0. The predicted molar refractivity (Wildman–Crippen MR) is 81.9 cm³/mol. The van der Waals surface area contributed by atoms with Crippen LogP contribution in [0.4, 0.5) is 10.7 Å². The Morgan fingerprint density at radius 1 is 1.35 bits per heavy atom. The van der Waals surface area contributed by atoms with Gasteiger partial charge in [0.05, 0.1) is 12.1 Å². The number of carbonyl (C=O) groups excluding carboxylic acids is 1. The summed E-state index contributed by atoms with van der Waals surface area (Å²) in [5.41, 5.74) is 4.19. The number of ether oxygens (including phenoxy) is 1. The first-order valence-corrected chi connectivity index (χ1v) is 7.47. The molecule has 0 saturated carbocycles. The third-order valence-electron chi connectivity index (χ3n) is 2.87. The summed E-state index contributed by atoms with van der Waals surface area (Å²) in [5.74, 6) is 0.109. The number of nitrogens with one attached hydrogen (secondary N) is 1. The monoisotopic (exact) mass is 290 g/mol. The van der Waals surface area contributed by atoms with Crippen LogP contribution in [0.5, 0.6) is 0 Å². The molecule has 2 rings (SSSR count). The fourth-order valence-corrected chi connectivity index (χ4v) is 2.45. The molecule has 2 aromatic rings. The van der Waals surface area contributed by atoms with Crippen LogP contribution in [0.25, 0.3) is 0 Å². The number of anilines is 2. The summed E-state index contributed by atoms with van der Waals surface area (Å²) in [7, 11) is 0. The maximum Gasteiger partial charge on any atom is 0.360 e. The van der Waals surface area contributed by atoms with Crippen molar-refractivity contribution in [3.63, 3.8) is 0 Å². The number of rotatable bonds is 5. The molecule has 0 atom stereocenters. The highest BCUT2D eigenvalue weighted by Gasteiger charge is 2.16. The Bertz CT molecular complexity index is 576. The van der Waals surface area contributed by atoms with Gasteiger partial charge in [-0.3, -0.25) is 0 Å². The largest absolute Gasteiger partial charge is 0.461 e. The molecule has 5 heteroatoms. The molecule has 106 valence electrons. The predicted octanol–water partition coefficient (Wildman–Crippen LogP) is 4.19. The minimum absolute atomic E-state index is 0.338. The van der Waals surface area contributed by atoms with Crippen LogP contribution >= 0.6 is 11.3 Å². The van der Waals surface area contributed by atoms with E-state index in [4.69, 9.17) is 4.74 Å². The maximum absolute atomic E-state index is 11.7. The Hall–Kier alpha value is -1.88. The molecule has 1 aromatic heterocycles. The number of benzene rings is 1. The molecule has 20 heavy (non-hydrogen) atoms. The topological polar surface area (TPSA) is 51.2 Å². The highest BCUT2D eigenvalue weighted by atomic mass is 32.1. The van der Waals surface area contributed by atoms with Crippen molar-refractivity contribution in [2.45, 2.75) is 26.7 Å². The van der Waals surface area contributed by atoms with E-state index in [9.17, 15) is 4.79 Å². The van der Waals surface area contributed by atoms with Gasteiger partial charge in [0.1, 0.15) is 5.00 Å². The van der Waals surface area contributed by atoms with Crippen molar-refractivity contribution in [1.29, 1.82) is 0 Å². The lowest BCUT2D eigenvalue weighted by Gasteiger charge is -2.09. The van der Waals surface area contributed by atoms with Crippen LogP contribution in [0.2, 0.25) is 0 Å². The second kappa shape index (κ2) is 6.52. The van der Waals surface area contributed by atoms with E-state index >= 15 is 0 Å². The zero-order chi connectivity index (χ0) is 14.5. The minimum Gasteiger partial charge on any atom is -0.461 e. The summed E-state index contributed by atoms with van der Waals surface area (Å²) < 4.78 is 4.98. The standard InChI is InChI=1S/C15H18N2O2S/c1-4-19-15(18)13-14(20-9-16-13)17-12-7-5-11(6-8-12)10(2)3/h5-10,17H,4H2,1-3H3. The molecule has 0 bridgehead atoms. The van der Waals surface area contributed by atoms with Crippen LogP contribution in [-0.2, 0) is 4.74 Å². The van der Waals surface area contributed by atoms with E-state index in [0.717, 1.165) is 5.69 Å². The Morgan fingerprint density at radius 2 is 2.05 bits per heavy atom. The normalized spacial score (nSPS) is 10.6.